The van der Waals surface area contributed by atoms with Gasteiger partial charge in [0.05, 0.1) is 27.4 Å². The minimum Gasteiger partial charge on any atom is -0.483 e. The molecular weight excluding hydrogens is 332 g/mol. The maximum absolute atomic E-state index is 8.36. The SMILES string of the molecule is COCC(C)c1c(-c2ccn[nH]2)sc2c(N)nc(N)nc12.O=CO. The van der Waals surface area contributed by atoms with E-state index in [1.54, 1.807) is 13.3 Å². The van der Waals surface area contributed by atoms with E-state index in [0.717, 1.165) is 26.4 Å². The number of aromatic amines is 1. The van der Waals surface area contributed by atoms with Gasteiger partial charge in [0.2, 0.25) is 5.95 Å². The molecule has 0 saturated heterocycles. The molecule has 6 N–H and O–H groups in total. The van der Waals surface area contributed by atoms with Gasteiger partial charge in [-0.2, -0.15) is 10.1 Å². The second kappa shape index (κ2) is 7.70. The molecule has 10 heteroatoms. The number of H-pyrrole nitrogens is 1. The van der Waals surface area contributed by atoms with Crippen molar-refractivity contribution in [3.63, 3.8) is 0 Å². The average molecular weight is 350 g/mol. The lowest BCUT2D eigenvalue weighted by atomic mass is 10.00. The van der Waals surface area contributed by atoms with Crippen LogP contribution >= 0.6 is 11.3 Å². The van der Waals surface area contributed by atoms with Gasteiger partial charge in [-0.15, -0.1) is 11.3 Å². The van der Waals surface area contributed by atoms with E-state index < -0.39 is 0 Å². The number of rotatable bonds is 4. The molecule has 0 aromatic carbocycles. The molecular formula is C14H18N6O3S. The summed E-state index contributed by atoms with van der Waals surface area (Å²) in [5, 5.41) is 13.9. The summed E-state index contributed by atoms with van der Waals surface area (Å²) in [4.78, 5) is 17.8. The van der Waals surface area contributed by atoms with E-state index in [4.69, 9.17) is 26.1 Å². The summed E-state index contributed by atoms with van der Waals surface area (Å²) >= 11 is 1.54. The molecule has 0 radical (unpaired) electrons. The number of hydrogen-bond donors (Lipinski definition) is 4. The molecule has 3 heterocycles. The second-order valence-electron chi connectivity index (χ2n) is 4.92. The fourth-order valence-electron chi connectivity index (χ4n) is 2.41. The Hall–Kier alpha value is -2.72. The standard InChI is InChI=1S/C13H16N6OS.CH2O2/c1-6(5-20-2)8-9-11(12(14)18-13(15)17-9)21-10(8)7-3-4-16-19-7;2-1-3/h3-4,6H,5H2,1-2H3,(H,16,19)(H4,14,15,17,18);1H,(H,2,3). The number of anilines is 2. The Morgan fingerprint density at radius 2 is 2.17 bits per heavy atom. The number of aromatic nitrogens is 4. The summed E-state index contributed by atoms with van der Waals surface area (Å²) < 4.78 is 6.12. The molecule has 0 saturated carbocycles. The number of methoxy groups -OCH3 is 1. The van der Waals surface area contributed by atoms with Crippen molar-refractivity contribution in [2.24, 2.45) is 0 Å². The molecule has 3 rings (SSSR count). The van der Waals surface area contributed by atoms with Crippen LogP contribution in [0.25, 0.3) is 20.8 Å². The van der Waals surface area contributed by atoms with E-state index in [1.165, 1.54) is 11.3 Å². The minimum absolute atomic E-state index is 0.149. The van der Waals surface area contributed by atoms with Crippen LogP contribution in [0, 0.1) is 0 Å². The van der Waals surface area contributed by atoms with Crippen LogP contribution in [-0.4, -0.2) is 45.5 Å². The van der Waals surface area contributed by atoms with Gasteiger partial charge in [0, 0.05) is 24.8 Å². The predicted octanol–water partition coefficient (Wildman–Crippen LogP) is 1.70. The van der Waals surface area contributed by atoms with Gasteiger partial charge in [0.25, 0.3) is 6.47 Å². The fraction of sp³-hybridized carbons (Fsp3) is 0.286. The highest BCUT2D eigenvalue weighted by molar-refractivity contribution is 7.23. The minimum atomic E-state index is -0.250. The number of hydrogen-bond acceptors (Lipinski definition) is 8. The van der Waals surface area contributed by atoms with E-state index in [0.29, 0.717) is 12.4 Å². The summed E-state index contributed by atoms with van der Waals surface area (Å²) in [7, 11) is 1.68. The van der Waals surface area contributed by atoms with Crippen LogP contribution in [0.4, 0.5) is 11.8 Å². The number of nitrogens with zero attached hydrogens (tertiary/aromatic N) is 3. The molecule has 0 aliphatic carbocycles. The molecule has 1 unspecified atom stereocenters. The molecule has 0 spiro atoms. The first-order chi connectivity index (χ1) is 11.5. The van der Waals surface area contributed by atoms with Crippen LogP contribution in [0.2, 0.25) is 0 Å². The Labute approximate surface area is 141 Å². The molecule has 0 bridgehead atoms. The zero-order valence-corrected chi connectivity index (χ0v) is 14.0. The number of thiophene rings is 1. The number of carboxylic acid groups (broad SMARTS) is 1. The quantitative estimate of drug-likeness (QED) is 0.518. The highest BCUT2D eigenvalue weighted by Crippen LogP contribution is 2.42. The maximum atomic E-state index is 8.36. The van der Waals surface area contributed by atoms with Crippen molar-refractivity contribution in [2.45, 2.75) is 12.8 Å². The zero-order chi connectivity index (χ0) is 17.7. The van der Waals surface area contributed by atoms with Crippen LogP contribution in [0.3, 0.4) is 0 Å². The summed E-state index contributed by atoms with van der Waals surface area (Å²) in [6.45, 7) is 2.41. The van der Waals surface area contributed by atoms with Crippen molar-refractivity contribution in [3.8, 4) is 10.6 Å². The second-order valence-corrected chi connectivity index (χ2v) is 5.94. The van der Waals surface area contributed by atoms with Gasteiger partial charge < -0.3 is 21.3 Å². The lowest BCUT2D eigenvalue weighted by Crippen LogP contribution is -2.05. The Balaban J connectivity index is 0.000000647. The third-order valence-electron chi connectivity index (χ3n) is 3.27. The summed E-state index contributed by atoms with van der Waals surface area (Å²) in [6.07, 6.45) is 1.72. The lowest BCUT2D eigenvalue weighted by Gasteiger charge is -2.11. The first kappa shape index (κ1) is 17.6. The van der Waals surface area contributed by atoms with Gasteiger partial charge in [-0.05, 0) is 6.07 Å². The van der Waals surface area contributed by atoms with E-state index in [1.807, 2.05) is 6.07 Å². The van der Waals surface area contributed by atoms with Gasteiger partial charge in [-0.1, -0.05) is 6.92 Å². The molecule has 24 heavy (non-hydrogen) atoms. The number of nitrogens with two attached hydrogens (primary N) is 2. The Bertz CT molecular complexity index is 818. The zero-order valence-electron chi connectivity index (χ0n) is 13.2. The van der Waals surface area contributed by atoms with Crippen molar-refractivity contribution in [1.82, 2.24) is 20.2 Å². The van der Waals surface area contributed by atoms with Gasteiger partial charge >= 0.3 is 0 Å². The summed E-state index contributed by atoms with van der Waals surface area (Å²) in [6, 6.07) is 1.92. The van der Waals surface area contributed by atoms with E-state index in [2.05, 4.69) is 27.1 Å². The summed E-state index contributed by atoms with van der Waals surface area (Å²) in [5.41, 5.74) is 14.5. The van der Waals surface area contributed by atoms with Gasteiger partial charge in [0.15, 0.2) is 0 Å². The predicted molar refractivity (Wildman–Crippen MR) is 92.8 cm³/mol. The Kier molecular flexibility index (Phi) is 5.66. The number of ether oxygens (including phenoxy) is 1. The average Bonchev–Trinajstić information content (AvgIpc) is 3.14. The van der Waals surface area contributed by atoms with Crippen molar-refractivity contribution >= 4 is 39.8 Å². The van der Waals surface area contributed by atoms with Crippen molar-refractivity contribution in [2.75, 3.05) is 25.2 Å². The van der Waals surface area contributed by atoms with Gasteiger partial charge in [-0.25, -0.2) is 4.98 Å². The van der Waals surface area contributed by atoms with Crippen LogP contribution in [0.15, 0.2) is 12.3 Å². The molecule has 1 atom stereocenters. The highest BCUT2D eigenvalue weighted by atomic mass is 32.1. The van der Waals surface area contributed by atoms with Gasteiger partial charge in [0.1, 0.15) is 5.82 Å². The van der Waals surface area contributed by atoms with E-state index in [-0.39, 0.29) is 18.3 Å². The third kappa shape index (κ3) is 3.44. The van der Waals surface area contributed by atoms with Crippen LogP contribution in [0.5, 0.6) is 0 Å². The van der Waals surface area contributed by atoms with Gasteiger partial charge in [-0.3, -0.25) is 9.89 Å². The molecule has 0 amide bonds. The molecule has 3 aromatic heterocycles. The van der Waals surface area contributed by atoms with Crippen molar-refractivity contribution in [1.29, 1.82) is 0 Å². The largest absolute Gasteiger partial charge is 0.483 e. The molecule has 0 aliphatic rings. The fourth-order valence-corrected chi connectivity index (χ4v) is 3.64. The first-order valence-corrected chi connectivity index (χ1v) is 7.77. The first-order valence-electron chi connectivity index (χ1n) is 6.95. The topological polar surface area (TPSA) is 153 Å². The maximum Gasteiger partial charge on any atom is 0.290 e. The number of carbonyl (C=O) groups is 1. The molecule has 0 aliphatic heterocycles. The highest BCUT2D eigenvalue weighted by Gasteiger charge is 2.23. The van der Waals surface area contributed by atoms with Crippen LogP contribution < -0.4 is 11.5 Å². The number of nitrogens with one attached hydrogen (secondary N) is 1. The summed E-state index contributed by atoms with van der Waals surface area (Å²) in [5.74, 6) is 0.731. The monoisotopic (exact) mass is 350 g/mol. The third-order valence-corrected chi connectivity index (χ3v) is 4.52. The Morgan fingerprint density at radius 1 is 1.46 bits per heavy atom. The smallest absolute Gasteiger partial charge is 0.290 e. The van der Waals surface area contributed by atoms with Crippen molar-refractivity contribution in [3.05, 3.63) is 17.8 Å². The van der Waals surface area contributed by atoms with E-state index in [9.17, 15) is 0 Å². The lowest BCUT2D eigenvalue weighted by molar-refractivity contribution is -0.122. The van der Waals surface area contributed by atoms with Crippen LogP contribution in [-0.2, 0) is 9.53 Å². The van der Waals surface area contributed by atoms with Crippen molar-refractivity contribution < 1.29 is 14.6 Å². The molecule has 128 valence electrons. The Morgan fingerprint density at radius 3 is 2.75 bits per heavy atom. The number of fused-ring (bicyclic) bond motifs is 1. The number of nitrogen functional groups attached to an aromatic ring is 2. The van der Waals surface area contributed by atoms with Crippen LogP contribution in [0.1, 0.15) is 18.4 Å². The normalized spacial score (nSPS) is 11.8. The molecule has 0 fully saturated rings. The molecule has 9 nitrogen and oxygen atoms in total. The molecule has 3 aromatic rings. The van der Waals surface area contributed by atoms with E-state index >= 15 is 0 Å².